The minimum Gasteiger partial charge on any atom is -0.507 e. The highest BCUT2D eigenvalue weighted by Crippen LogP contribution is 2.40. The largest absolute Gasteiger partial charge is 0.507 e. The van der Waals surface area contributed by atoms with Gasteiger partial charge in [0.2, 0.25) is 11.2 Å². The van der Waals surface area contributed by atoms with Crippen LogP contribution in [0.2, 0.25) is 5.02 Å². The zero-order valence-corrected chi connectivity index (χ0v) is 17.6. The quantitative estimate of drug-likeness (QED) is 0.608. The highest BCUT2D eigenvalue weighted by atomic mass is 35.5. The SMILES string of the molecule is C[C@H]1CCC[NH+](Cc2c(O)ccc3c(=O)c(-c4ccccc4Cl)c(C(F)(F)F)oc23)C1. The fraction of sp³-hybridized carbons (Fsp3) is 0.348. The lowest BCUT2D eigenvalue weighted by atomic mass is 9.98. The van der Waals surface area contributed by atoms with E-state index >= 15 is 0 Å². The summed E-state index contributed by atoms with van der Waals surface area (Å²) in [5, 5.41) is 10.4. The smallest absolute Gasteiger partial charge is 0.450 e. The van der Waals surface area contributed by atoms with Crippen molar-refractivity contribution in [2.45, 2.75) is 32.5 Å². The highest BCUT2D eigenvalue weighted by molar-refractivity contribution is 6.33. The molecule has 164 valence electrons. The van der Waals surface area contributed by atoms with E-state index in [1.54, 1.807) is 6.07 Å². The minimum absolute atomic E-state index is 0.0137. The molecule has 4 nitrogen and oxygen atoms in total. The molecule has 0 aliphatic carbocycles. The Morgan fingerprint density at radius 2 is 1.97 bits per heavy atom. The number of hydrogen-bond donors (Lipinski definition) is 2. The van der Waals surface area contributed by atoms with Crippen LogP contribution in [0.5, 0.6) is 5.75 Å². The zero-order chi connectivity index (χ0) is 22.3. The van der Waals surface area contributed by atoms with Gasteiger partial charge in [-0.1, -0.05) is 36.7 Å². The Morgan fingerprint density at radius 3 is 2.65 bits per heavy atom. The summed E-state index contributed by atoms with van der Waals surface area (Å²) in [6, 6.07) is 8.49. The van der Waals surface area contributed by atoms with Gasteiger partial charge in [-0.25, -0.2) is 0 Å². The van der Waals surface area contributed by atoms with Crippen LogP contribution in [0, 0.1) is 5.92 Å². The van der Waals surface area contributed by atoms with Crippen molar-refractivity contribution in [3.63, 3.8) is 0 Å². The lowest BCUT2D eigenvalue weighted by molar-refractivity contribution is -0.922. The van der Waals surface area contributed by atoms with Gasteiger partial charge in [-0.3, -0.25) is 4.79 Å². The van der Waals surface area contributed by atoms with Crippen LogP contribution in [-0.4, -0.2) is 18.2 Å². The van der Waals surface area contributed by atoms with E-state index in [0.29, 0.717) is 5.92 Å². The van der Waals surface area contributed by atoms with E-state index in [0.717, 1.165) is 30.8 Å². The topological polar surface area (TPSA) is 54.9 Å². The molecule has 2 aromatic carbocycles. The third kappa shape index (κ3) is 4.16. The summed E-state index contributed by atoms with van der Waals surface area (Å²) in [4.78, 5) is 14.4. The Morgan fingerprint density at radius 1 is 1.23 bits per heavy atom. The average Bonchev–Trinajstić information content (AvgIpc) is 2.70. The van der Waals surface area contributed by atoms with Crippen molar-refractivity contribution in [2.75, 3.05) is 13.1 Å². The standard InChI is InChI=1S/C23H21ClF3NO3/c1-13-5-4-10-28(11-13)12-16-18(29)9-8-15-20(30)19(14-6-2-3-7-17(14)24)22(23(25,26)27)31-21(15)16/h2-3,6-9,13,29H,4-5,10-12H2,1H3/p+1/t13-/m0/s1. The number of phenolic OH excluding ortho intramolecular Hbond substituents is 1. The van der Waals surface area contributed by atoms with Crippen LogP contribution in [-0.2, 0) is 12.7 Å². The molecule has 1 fully saturated rings. The number of rotatable bonds is 3. The molecule has 2 atom stereocenters. The number of piperidine rings is 1. The Hall–Kier alpha value is -2.51. The maximum atomic E-state index is 14.0. The average molecular weight is 453 g/mol. The lowest BCUT2D eigenvalue weighted by Gasteiger charge is -2.28. The maximum Gasteiger partial charge on any atom is 0.450 e. The van der Waals surface area contributed by atoms with Gasteiger partial charge in [-0.15, -0.1) is 0 Å². The zero-order valence-electron chi connectivity index (χ0n) is 16.9. The molecule has 1 saturated heterocycles. The first-order chi connectivity index (χ1) is 14.7. The van der Waals surface area contributed by atoms with Crippen molar-refractivity contribution in [1.29, 1.82) is 0 Å². The number of aromatic hydroxyl groups is 1. The molecule has 1 aliphatic heterocycles. The van der Waals surface area contributed by atoms with Crippen molar-refractivity contribution in [3.05, 3.63) is 63.0 Å². The van der Waals surface area contributed by atoms with E-state index in [1.807, 2.05) is 0 Å². The number of hydrogen-bond acceptors (Lipinski definition) is 3. The third-order valence-corrected chi connectivity index (χ3v) is 6.16. The Balaban J connectivity index is 1.97. The predicted molar refractivity (Wildman–Crippen MR) is 112 cm³/mol. The van der Waals surface area contributed by atoms with Crippen LogP contribution < -0.4 is 10.3 Å². The van der Waals surface area contributed by atoms with Crippen LogP contribution in [0.15, 0.2) is 45.6 Å². The van der Waals surface area contributed by atoms with Gasteiger partial charge in [-0.2, -0.15) is 13.2 Å². The molecule has 8 heteroatoms. The first-order valence-corrected chi connectivity index (χ1v) is 10.5. The highest BCUT2D eigenvalue weighted by Gasteiger charge is 2.40. The number of benzene rings is 2. The van der Waals surface area contributed by atoms with Crippen LogP contribution in [0.4, 0.5) is 13.2 Å². The summed E-state index contributed by atoms with van der Waals surface area (Å²) in [6.07, 6.45) is -2.83. The van der Waals surface area contributed by atoms with Crippen LogP contribution in [0.1, 0.15) is 31.1 Å². The Kier molecular flexibility index (Phi) is 5.75. The number of alkyl halides is 3. The monoisotopic (exact) mass is 452 g/mol. The summed E-state index contributed by atoms with van der Waals surface area (Å²) < 4.78 is 47.3. The molecular formula is C23H22ClF3NO3+. The second kappa shape index (κ2) is 8.20. The summed E-state index contributed by atoms with van der Waals surface area (Å²) in [5.41, 5.74) is -1.50. The third-order valence-electron chi connectivity index (χ3n) is 5.83. The molecule has 0 radical (unpaired) electrons. The van der Waals surface area contributed by atoms with Gasteiger partial charge in [0.05, 0.1) is 29.6 Å². The van der Waals surface area contributed by atoms with Gasteiger partial charge in [0.15, 0.2) is 5.58 Å². The fourth-order valence-corrected chi connectivity index (χ4v) is 4.62. The normalized spacial score (nSPS) is 19.6. The van der Waals surface area contributed by atoms with E-state index in [2.05, 4.69) is 6.92 Å². The first kappa shape index (κ1) is 21.7. The molecule has 1 aliphatic rings. The van der Waals surface area contributed by atoms with Crippen molar-refractivity contribution < 1.29 is 27.6 Å². The molecule has 4 rings (SSSR count). The maximum absolute atomic E-state index is 14.0. The Labute approximate surface area is 181 Å². The van der Waals surface area contributed by atoms with E-state index < -0.39 is 22.9 Å². The molecule has 2 heterocycles. The van der Waals surface area contributed by atoms with Gasteiger partial charge in [0.25, 0.3) is 0 Å². The summed E-state index contributed by atoms with van der Waals surface area (Å²) >= 11 is 6.11. The van der Waals surface area contributed by atoms with Crippen LogP contribution in [0.25, 0.3) is 22.1 Å². The van der Waals surface area contributed by atoms with Crippen molar-refractivity contribution >= 4 is 22.6 Å². The molecule has 3 aromatic rings. The fourth-order valence-electron chi connectivity index (χ4n) is 4.39. The van der Waals surface area contributed by atoms with E-state index in [-0.39, 0.29) is 39.4 Å². The lowest BCUT2D eigenvalue weighted by Crippen LogP contribution is -3.12. The molecule has 0 spiro atoms. The molecular weight excluding hydrogens is 431 g/mol. The van der Waals surface area contributed by atoms with Gasteiger partial charge < -0.3 is 14.4 Å². The predicted octanol–water partition coefficient (Wildman–Crippen LogP) is 4.65. The number of phenols is 1. The van der Waals surface area contributed by atoms with Crippen LogP contribution >= 0.6 is 11.6 Å². The van der Waals surface area contributed by atoms with Crippen molar-refractivity contribution in [2.24, 2.45) is 5.92 Å². The second-order valence-electron chi connectivity index (χ2n) is 8.18. The summed E-state index contributed by atoms with van der Waals surface area (Å²) in [7, 11) is 0. The number of fused-ring (bicyclic) bond motifs is 1. The van der Waals surface area contributed by atoms with E-state index in [9.17, 15) is 23.1 Å². The molecule has 1 aromatic heterocycles. The number of nitrogens with one attached hydrogen (secondary N) is 1. The number of quaternary nitrogens is 1. The molecule has 0 saturated carbocycles. The molecule has 1 unspecified atom stereocenters. The van der Waals surface area contributed by atoms with Gasteiger partial charge in [0, 0.05) is 16.5 Å². The number of likely N-dealkylation sites (tertiary alicyclic amines) is 1. The second-order valence-corrected chi connectivity index (χ2v) is 8.59. The summed E-state index contributed by atoms with van der Waals surface area (Å²) in [6.45, 7) is 4.08. The Bertz CT molecular complexity index is 1190. The minimum atomic E-state index is -4.92. The summed E-state index contributed by atoms with van der Waals surface area (Å²) in [5.74, 6) is -1.11. The molecule has 0 bridgehead atoms. The van der Waals surface area contributed by atoms with Gasteiger partial charge in [0.1, 0.15) is 12.3 Å². The van der Waals surface area contributed by atoms with Crippen molar-refractivity contribution in [1.82, 2.24) is 0 Å². The van der Waals surface area contributed by atoms with Gasteiger partial charge in [-0.05, 0) is 31.0 Å². The molecule has 0 amide bonds. The van der Waals surface area contributed by atoms with E-state index in [4.69, 9.17) is 16.0 Å². The first-order valence-electron chi connectivity index (χ1n) is 10.1. The molecule has 2 N–H and O–H groups in total. The van der Waals surface area contributed by atoms with Gasteiger partial charge >= 0.3 is 6.18 Å². The number of halogens is 4. The van der Waals surface area contributed by atoms with Crippen molar-refractivity contribution in [3.8, 4) is 16.9 Å². The molecule has 31 heavy (non-hydrogen) atoms. The van der Waals surface area contributed by atoms with Crippen LogP contribution in [0.3, 0.4) is 0 Å². The van der Waals surface area contributed by atoms with E-state index in [1.165, 1.54) is 30.3 Å².